The lowest BCUT2D eigenvalue weighted by Gasteiger charge is -2.40. The maximum Gasteiger partial charge on any atom is 0.0322 e. The lowest BCUT2D eigenvalue weighted by atomic mass is 9.95. The van der Waals surface area contributed by atoms with Crippen molar-refractivity contribution in [3.05, 3.63) is 33.4 Å². The van der Waals surface area contributed by atoms with Crippen molar-refractivity contribution < 1.29 is 0 Å². The van der Waals surface area contributed by atoms with Gasteiger partial charge in [0.15, 0.2) is 0 Å². The fourth-order valence-corrected chi connectivity index (χ4v) is 3.33. The summed E-state index contributed by atoms with van der Waals surface area (Å²) in [6.45, 7) is 4.36. The minimum Gasteiger partial charge on any atom is -0.330 e. The van der Waals surface area contributed by atoms with Crippen molar-refractivity contribution >= 4 is 22.6 Å². The minimum absolute atomic E-state index is 0.513. The first-order valence-corrected chi connectivity index (χ1v) is 8.01. The van der Waals surface area contributed by atoms with Crippen LogP contribution >= 0.6 is 22.6 Å². The van der Waals surface area contributed by atoms with Gasteiger partial charge in [0, 0.05) is 15.7 Å². The zero-order valence-electron chi connectivity index (χ0n) is 11.1. The summed E-state index contributed by atoms with van der Waals surface area (Å²) in [7, 11) is 0. The zero-order chi connectivity index (χ0) is 13.0. The van der Waals surface area contributed by atoms with Crippen LogP contribution in [0, 0.1) is 3.57 Å². The molecule has 1 saturated heterocycles. The van der Waals surface area contributed by atoms with E-state index in [9.17, 15) is 0 Å². The Morgan fingerprint density at radius 1 is 1.33 bits per heavy atom. The topological polar surface area (TPSA) is 29.3 Å². The molecule has 0 saturated carbocycles. The first-order valence-electron chi connectivity index (χ1n) is 6.93. The maximum absolute atomic E-state index is 5.75. The second kappa shape index (κ2) is 6.87. The molecule has 1 aromatic carbocycles. The monoisotopic (exact) mass is 358 g/mol. The molecule has 0 aromatic heterocycles. The van der Waals surface area contributed by atoms with Crippen molar-refractivity contribution in [3.8, 4) is 0 Å². The number of benzene rings is 1. The van der Waals surface area contributed by atoms with Crippen LogP contribution in [-0.2, 0) is 0 Å². The van der Waals surface area contributed by atoms with Crippen LogP contribution in [0.2, 0.25) is 0 Å². The largest absolute Gasteiger partial charge is 0.330 e. The number of hydrogen-bond donors (Lipinski definition) is 1. The van der Waals surface area contributed by atoms with E-state index in [0.29, 0.717) is 12.1 Å². The summed E-state index contributed by atoms with van der Waals surface area (Å²) in [6.07, 6.45) is 5.14. The van der Waals surface area contributed by atoms with Gasteiger partial charge in [0.2, 0.25) is 0 Å². The molecule has 3 heteroatoms. The summed E-state index contributed by atoms with van der Waals surface area (Å²) in [5.41, 5.74) is 7.18. The highest BCUT2D eigenvalue weighted by Gasteiger charge is 2.26. The molecule has 1 aliphatic rings. The van der Waals surface area contributed by atoms with Gasteiger partial charge >= 0.3 is 0 Å². The molecule has 1 aromatic rings. The van der Waals surface area contributed by atoms with Crippen LogP contribution in [0.3, 0.4) is 0 Å². The predicted octanol–water partition coefficient (Wildman–Crippen LogP) is 3.56. The quantitative estimate of drug-likeness (QED) is 0.834. The molecule has 2 unspecified atom stereocenters. The Balaban J connectivity index is 2.09. The van der Waals surface area contributed by atoms with Gasteiger partial charge in [0.1, 0.15) is 0 Å². The summed E-state index contributed by atoms with van der Waals surface area (Å²) in [5.74, 6) is 0. The molecule has 1 fully saturated rings. The Kier molecular flexibility index (Phi) is 5.45. The van der Waals surface area contributed by atoms with Crippen LogP contribution in [0.15, 0.2) is 24.3 Å². The average Bonchev–Trinajstić information content (AvgIpc) is 2.40. The van der Waals surface area contributed by atoms with Gasteiger partial charge < -0.3 is 5.73 Å². The Morgan fingerprint density at radius 3 is 2.72 bits per heavy atom. The van der Waals surface area contributed by atoms with E-state index >= 15 is 0 Å². The number of nitrogens with two attached hydrogens (primary N) is 1. The van der Waals surface area contributed by atoms with Gasteiger partial charge in [-0.05, 0) is 79.6 Å². The summed E-state index contributed by atoms with van der Waals surface area (Å²) in [4.78, 5) is 2.65. The molecular formula is C15H23IN2. The highest BCUT2D eigenvalue weighted by Crippen LogP contribution is 2.29. The summed E-state index contributed by atoms with van der Waals surface area (Å²) in [6, 6.07) is 10.1. The number of piperidine rings is 1. The van der Waals surface area contributed by atoms with Gasteiger partial charge in [-0.1, -0.05) is 18.6 Å². The van der Waals surface area contributed by atoms with E-state index < -0.39 is 0 Å². The van der Waals surface area contributed by atoms with Crippen LogP contribution in [0.5, 0.6) is 0 Å². The van der Waals surface area contributed by atoms with E-state index in [1.807, 2.05) is 0 Å². The van der Waals surface area contributed by atoms with Crippen molar-refractivity contribution in [2.45, 2.75) is 44.7 Å². The zero-order valence-corrected chi connectivity index (χ0v) is 13.3. The van der Waals surface area contributed by atoms with Crippen molar-refractivity contribution in [2.24, 2.45) is 5.73 Å². The SMILES string of the molecule is CC(c1ccc(I)cc1)N1CCCCC1CCN. The smallest absolute Gasteiger partial charge is 0.0322 e. The van der Waals surface area contributed by atoms with E-state index in [1.54, 1.807) is 0 Å². The number of rotatable bonds is 4. The van der Waals surface area contributed by atoms with Gasteiger partial charge in [-0.25, -0.2) is 0 Å². The Morgan fingerprint density at radius 2 is 2.06 bits per heavy atom. The lowest BCUT2D eigenvalue weighted by molar-refractivity contribution is 0.0984. The molecule has 2 N–H and O–H groups in total. The second-order valence-electron chi connectivity index (χ2n) is 5.19. The molecule has 0 aliphatic carbocycles. The molecule has 0 radical (unpaired) electrons. The molecule has 2 nitrogen and oxygen atoms in total. The van der Waals surface area contributed by atoms with Gasteiger partial charge in [0.05, 0.1) is 0 Å². The fraction of sp³-hybridized carbons (Fsp3) is 0.600. The van der Waals surface area contributed by atoms with E-state index in [0.717, 1.165) is 13.0 Å². The van der Waals surface area contributed by atoms with E-state index in [4.69, 9.17) is 5.73 Å². The van der Waals surface area contributed by atoms with Gasteiger partial charge in [-0.15, -0.1) is 0 Å². The fourth-order valence-electron chi connectivity index (χ4n) is 2.97. The molecule has 2 atom stereocenters. The Labute approximate surface area is 124 Å². The Bertz CT molecular complexity index is 361. The highest BCUT2D eigenvalue weighted by atomic mass is 127. The normalized spacial score (nSPS) is 22.9. The molecule has 0 spiro atoms. The summed E-state index contributed by atoms with van der Waals surface area (Å²) in [5, 5.41) is 0. The Hall–Kier alpha value is -0.130. The lowest BCUT2D eigenvalue weighted by Crippen LogP contribution is -2.42. The molecule has 1 aliphatic heterocycles. The third kappa shape index (κ3) is 3.45. The van der Waals surface area contributed by atoms with Crippen molar-refractivity contribution in [1.29, 1.82) is 0 Å². The minimum atomic E-state index is 0.513. The van der Waals surface area contributed by atoms with E-state index in [1.165, 1.54) is 34.9 Å². The van der Waals surface area contributed by atoms with Crippen LogP contribution in [0.4, 0.5) is 0 Å². The van der Waals surface area contributed by atoms with E-state index in [2.05, 4.69) is 58.7 Å². The van der Waals surface area contributed by atoms with Crippen molar-refractivity contribution in [3.63, 3.8) is 0 Å². The number of likely N-dealkylation sites (tertiary alicyclic amines) is 1. The third-order valence-electron chi connectivity index (χ3n) is 4.02. The number of hydrogen-bond acceptors (Lipinski definition) is 2. The molecule has 1 heterocycles. The maximum atomic E-state index is 5.75. The van der Waals surface area contributed by atoms with Crippen molar-refractivity contribution in [1.82, 2.24) is 4.90 Å². The van der Waals surface area contributed by atoms with Gasteiger partial charge in [-0.2, -0.15) is 0 Å². The molecule has 0 bridgehead atoms. The van der Waals surface area contributed by atoms with E-state index in [-0.39, 0.29) is 0 Å². The highest BCUT2D eigenvalue weighted by molar-refractivity contribution is 14.1. The molecule has 18 heavy (non-hydrogen) atoms. The van der Waals surface area contributed by atoms with Crippen LogP contribution in [-0.4, -0.2) is 24.0 Å². The van der Waals surface area contributed by atoms with Gasteiger partial charge in [-0.3, -0.25) is 4.90 Å². The number of nitrogens with zero attached hydrogens (tertiary/aromatic N) is 1. The van der Waals surface area contributed by atoms with Crippen LogP contribution in [0.25, 0.3) is 0 Å². The molecule has 0 amide bonds. The van der Waals surface area contributed by atoms with Gasteiger partial charge in [0.25, 0.3) is 0 Å². The number of halogens is 1. The third-order valence-corrected chi connectivity index (χ3v) is 4.74. The van der Waals surface area contributed by atoms with Crippen LogP contribution in [0.1, 0.15) is 44.2 Å². The summed E-state index contributed by atoms with van der Waals surface area (Å²) >= 11 is 2.36. The average molecular weight is 358 g/mol. The summed E-state index contributed by atoms with van der Waals surface area (Å²) < 4.78 is 1.31. The standard InChI is InChI=1S/C15H23IN2/c1-12(13-5-7-14(16)8-6-13)18-11-3-2-4-15(18)9-10-17/h5-8,12,15H,2-4,9-11,17H2,1H3. The predicted molar refractivity (Wildman–Crippen MR) is 85.6 cm³/mol. The van der Waals surface area contributed by atoms with Crippen LogP contribution < -0.4 is 5.73 Å². The molecule has 2 rings (SSSR count). The first kappa shape index (κ1) is 14.3. The first-order chi connectivity index (χ1) is 8.72. The second-order valence-corrected chi connectivity index (χ2v) is 6.44. The molecule has 100 valence electrons. The van der Waals surface area contributed by atoms with Crippen molar-refractivity contribution in [2.75, 3.05) is 13.1 Å². The molecular weight excluding hydrogens is 335 g/mol.